The number of aromatic carboxylic acids is 1. The number of aryl methyl sites for hydroxylation is 1. The largest absolute Gasteiger partial charge is 0.476 e. The van der Waals surface area contributed by atoms with Gasteiger partial charge in [0.2, 0.25) is 0 Å². The van der Waals surface area contributed by atoms with E-state index < -0.39 is 5.97 Å². The quantitative estimate of drug-likeness (QED) is 0.780. The SMILES string of the molecule is CCc1oc(N2CC[C@H](O)C2)nc1C(=O)O. The number of hydrogen-bond donors (Lipinski definition) is 2. The van der Waals surface area contributed by atoms with Crippen molar-refractivity contribution in [3.05, 3.63) is 11.5 Å². The first-order chi connectivity index (χ1) is 7.61. The van der Waals surface area contributed by atoms with Crippen LogP contribution >= 0.6 is 0 Å². The summed E-state index contributed by atoms with van der Waals surface area (Å²) in [6.45, 7) is 2.90. The lowest BCUT2D eigenvalue weighted by Crippen LogP contribution is -2.21. The van der Waals surface area contributed by atoms with Gasteiger partial charge in [0.15, 0.2) is 5.69 Å². The molecule has 1 aromatic heterocycles. The van der Waals surface area contributed by atoms with E-state index in [2.05, 4.69) is 4.98 Å². The fourth-order valence-electron chi connectivity index (χ4n) is 1.80. The lowest BCUT2D eigenvalue weighted by Gasteiger charge is -2.11. The summed E-state index contributed by atoms with van der Waals surface area (Å²) in [5.74, 6) is -0.699. The van der Waals surface area contributed by atoms with Gasteiger partial charge in [-0.15, -0.1) is 0 Å². The molecular weight excluding hydrogens is 212 g/mol. The summed E-state index contributed by atoms with van der Waals surface area (Å²) < 4.78 is 5.38. The van der Waals surface area contributed by atoms with Crippen molar-refractivity contribution in [2.75, 3.05) is 18.0 Å². The van der Waals surface area contributed by atoms with Crippen LogP contribution in [0.2, 0.25) is 0 Å². The second-order valence-corrected chi connectivity index (χ2v) is 3.82. The second-order valence-electron chi connectivity index (χ2n) is 3.82. The number of aliphatic hydroxyl groups is 1. The average molecular weight is 226 g/mol. The molecule has 6 heteroatoms. The smallest absolute Gasteiger partial charge is 0.358 e. The molecule has 2 heterocycles. The van der Waals surface area contributed by atoms with E-state index >= 15 is 0 Å². The number of aliphatic hydroxyl groups excluding tert-OH is 1. The molecule has 1 saturated heterocycles. The minimum Gasteiger partial charge on any atom is -0.476 e. The second kappa shape index (κ2) is 4.13. The number of carbonyl (C=O) groups is 1. The molecule has 0 aromatic carbocycles. The Bertz CT molecular complexity index is 402. The maximum absolute atomic E-state index is 10.9. The zero-order valence-corrected chi connectivity index (χ0v) is 9.01. The highest BCUT2D eigenvalue weighted by Gasteiger charge is 2.27. The molecule has 1 fully saturated rings. The van der Waals surface area contributed by atoms with Gasteiger partial charge in [-0.3, -0.25) is 0 Å². The predicted molar refractivity (Wildman–Crippen MR) is 55.7 cm³/mol. The number of nitrogens with zero attached hydrogens (tertiary/aromatic N) is 2. The summed E-state index contributed by atoms with van der Waals surface area (Å²) in [5, 5.41) is 18.3. The van der Waals surface area contributed by atoms with Gasteiger partial charge in [0, 0.05) is 19.5 Å². The molecule has 2 N–H and O–H groups in total. The maximum atomic E-state index is 10.9. The van der Waals surface area contributed by atoms with Crippen molar-refractivity contribution in [3.8, 4) is 0 Å². The first-order valence-corrected chi connectivity index (χ1v) is 5.27. The third kappa shape index (κ3) is 1.88. The van der Waals surface area contributed by atoms with E-state index in [1.165, 1.54) is 0 Å². The molecule has 2 rings (SSSR count). The Morgan fingerprint density at radius 3 is 2.88 bits per heavy atom. The van der Waals surface area contributed by atoms with Crippen molar-refractivity contribution in [2.24, 2.45) is 0 Å². The topological polar surface area (TPSA) is 86.8 Å². The number of β-amino-alcohol motifs (C(OH)–C–C–N with tert-alkyl or cyclic N) is 1. The number of aromatic nitrogens is 1. The van der Waals surface area contributed by atoms with Gasteiger partial charge >= 0.3 is 5.97 Å². The molecule has 1 aliphatic rings. The number of carboxylic acid groups (broad SMARTS) is 1. The van der Waals surface area contributed by atoms with Gasteiger partial charge in [-0.25, -0.2) is 4.79 Å². The van der Waals surface area contributed by atoms with Crippen LogP contribution in [-0.2, 0) is 6.42 Å². The van der Waals surface area contributed by atoms with Gasteiger partial charge in [-0.05, 0) is 6.42 Å². The van der Waals surface area contributed by atoms with Crippen molar-refractivity contribution in [3.63, 3.8) is 0 Å². The van der Waals surface area contributed by atoms with Gasteiger partial charge in [-0.1, -0.05) is 6.92 Å². The third-order valence-corrected chi connectivity index (χ3v) is 2.64. The van der Waals surface area contributed by atoms with Gasteiger partial charge in [-0.2, -0.15) is 4.98 Å². The zero-order chi connectivity index (χ0) is 11.7. The summed E-state index contributed by atoms with van der Waals surface area (Å²) in [6.07, 6.45) is 0.766. The van der Waals surface area contributed by atoms with E-state index in [-0.39, 0.29) is 11.8 Å². The molecule has 16 heavy (non-hydrogen) atoms. The number of carboxylic acids is 1. The molecule has 0 amide bonds. The number of hydrogen-bond acceptors (Lipinski definition) is 5. The molecule has 0 saturated carbocycles. The Labute approximate surface area is 92.5 Å². The van der Waals surface area contributed by atoms with Crippen LogP contribution in [0.3, 0.4) is 0 Å². The zero-order valence-electron chi connectivity index (χ0n) is 9.01. The monoisotopic (exact) mass is 226 g/mol. The summed E-state index contributed by atoms with van der Waals surface area (Å²) in [6, 6.07) is 0.297. The van der Waals surface area contributed by atoms with Crippen LogP contribution < -0.4 is 4.90 Å². The highest BCUT2D eigenvalue weighted by molar-refractivity contribution is 5.86. The first kappa shape index (κ1) is 10.9. The molecule has 1 aliphatic heterocycles. The summed E-state index contributed by atoms with van der Waals surface area (Å²) in [4.78, 5) is 16.6. The normalized spacial score (nSPS) is 20.4. The summed E-state index contributed by atoms with van der Waals surface area (Å²) in [5.41, 5.74) is -0.0288. The van der Waals surface area contributed by atoms with Crippen LogP contribution in [0.4, 0.5) is 6.01 Å². The minimum absolute atomic E-state index is 0.0288. The molecule has 1 atom stereocenters. The first-order valence-electron chi connectivity index (χ1n) is 5.27. The van der Waals surface area contributed by atoms with Crippen LogP contribution in [0, 0.1) is 0 Å². The van der Waals surface area contributed by atoms with E-state index in [1.807, 2.05) is 6.92 Å². The number of oxazole rings is 1. The summed E-state index contributed by atoms with van der Waals surface area (Å²) in [7, 11) is 0. The Morgan fingerprint density at radius 1 is 1.69 bits per heavy atom. The number of rotatable bonds is 3. The van der Waals surface area contributed by atoms with Crippen molar-refractivity contribution < 1.29 is 19.4 Å². The van der Waals surface area contributed by atoms with E-state index in [9.17, 15) is 9.90 Å². The Balaban J connectivity index is 2.25. The van der Waals surface area contributed by atoms with Crippen LogP contribution in [0.25, 0.3) is 0 Å². The summed E-state index contributed by atoms with van der Waals surface area (Å²) >= 11 is 0. The van der Waals surface area contributed by atoms with Gasteiger partial charge in [0.25, 0.3) is 6.01 Å². The highest BCUT2D eigenvalue weighted by Crippen LogP contribution is 2.23. The molecule has 0 unspecified atom stereocenters. The van der Waals surface area contributed by atoms with Gasteiger partial charge in [0.1, 0.15) is 5.76 Å². The van der Waals surface area contributed by atoms with Crippen molar-refractivity contribution >= 4 is 12.0 Å². The standard InChI is InChI=1S/C10H14N2O4/c1-2-7-8(9(14)15)11-10(16-7)12-4-3-6(13)5-12/h6,13H,2-5H2,1H3,(H,14,15)/t6-/m0/s1. The molecular formula is C10H14N2O4. The van der Waals surface area contributed by atoms with Crippen molar-refractivity contribution in [1.29, 1.82) is 0 Å². The molecule has 6 nitrogen and oxygen atoms in total. The van der Waals surface area contributed by atoms with Crippen LogP contribution in [0.1, 0.15) is 29.6 Å². The fourth-order valence-corrected chi connectivity index (χ4v) is 1.80. The number of anilines is 1. The molecule has 88 valence electrons. The predicted octanol–water partition coefficient (Wildman–Crippen LogP) is 0.506. The highest BCUT2D eigenvalue weighted by atomic mass is 16.4. The lowest BCUT2D eigenvalue weighted by molar-refractivity contribution is 0.0689. The van der Waals surface area contributed by atoms with Crippen molar-refractivity contribution in [2.45, 2.75) is 25.9 Å². The Kier molecular flexibility index (Phi) is 2.82. The van der Waals surface area contributed by atoms with Gasteiger partial charge < -0.3 is 19.5 Å². The molecule has 0 bridgehead atoms. The van der Waals surface area contributed by atoms with Gasteiger partial charge in [0.05, 0.1) is 6.10 Å². The molecule has 1 aromatic rings. The Hall–Kier alpha value is -1.56. The van der Waals surface area contributed by atoms with Crippen LogP contribution in [0.5, 0.6) is 0 Å². The van der Waals surface area contributed by atoms with Crippen LogP contribution in [0.15, 0.2) is 4.42 Å². The lowest BCUT2D eigenvalue weighted by atomic mass is 10.3. The molecule has 0 aliphatic carbocycles. The average Bonchev–Trinajstić information content (AvgIpc) is 2.82. The maximum Gasteiger partial charge on any atom is 0.358 e. The van der Waals surface area contributed by atoms with Crippen LogP contribution in [-0.4, -0.2) is 40.4 Å². The van der Waals surface area contributed by atoms with E-state index in [1.54, 1.807) is 4.90 Å². The third-order valence-electron chi connectivity index (χ3n) is 2.64. The minimum atomic E-state index is -1.08. The van der Waals surface area contributed by atoms with E-state index in [0.717, 1.165) is 0 Å². The molecule has 0 spiro atoms. The molecule has 0 radical (unpaired) electrons. The van der Waals surface area contributed by atoms with E-state index in [0.29, 0.717) is 37.7 Å². The Morgan fingerprint density at radius 2 is 2.44 bits per heavy atom. The van der Waals surface area contributed by atoms with E-state index in [4.69, 9.17) is 9.52 Å². The fraction of sp³-hybridized carbons (Fsp3) is 0.600. The van der Waals surface area contributed by atoms with Crippen molar-refractivity contribution in [1.82, 2.24) is 4.98 Å².